The van der Waals surface area contributed by atoms with E-state index in [1.54, 1.807) is 0 Å². The lowest BCUT2D eigenvalue weighted by Crippen LogP contribution is -2.44. The molecule has 3 rings (SSSR count). The number of rotatable bonds is 9. The first-order valence-electron chi connectivity index (χ1n) is 12.2. The van der Waals surface area contributed by atoms with Gasteiger partial charge in [0.25, 0.3) is 0 Å². The number of H-pyrrole nitrogens is 1. The Morgan fingerprint density at radius 1 is 1.20 bits per heavy atom. The third kappa shape index (κ3) is 8.84. The minimum atomic E-state index is -0.550. The number of carbonyl (C=O) groups is 3. The molecule has 0 spiro atoms. The lowest BCUT2D eigenvalue weighted by Gasteiger charge is -2.22. The fraction of sp³-hybridized carbons (Fsp3) is 0.500. The van der Waals surface area contributed by atoms with Gasteiger partial charge in [0.2, 0.25) is 11.8 Å². The molecule has 1 aliphatic rings. The molecule has 1 aromatic carbocycles. The van der Waals surface area contributed by atoms with Gasteiger partial charge < -0.3 is 30.2 Å². The van der Waals surface area contributed by atoms with Gasteiger partial charge in [0.05, 0.1) is 31.8 Å². The second-order valence-electron chi connectivity index (χ2n) is 8.64. The molecule has 1 aromatic heterocycles. The molecule has 190 valence electrons. The topological polar surface area (TPSA) is 130 Å². The summed E-state index contributed by atoms with van der Waals surface area (Å²) in [5.74, 6) is -1.32. The number of aromatic nitrogens is 1. The van der Waals surface area contributed by atoms with Crippen molar-refractivity contribution >= 4 is 28.7 Å². The Bertz CT molecular complexity index is 1000. The quantitative estimate of drug-likeness (QED) is 0.244. The number of carbonyl (C=O) groups excluding carboxylic acids is 3. The molecule has 0 saturated heterocycles. The standard InChI is InChI=1S/C26H35N3O6/c30-12-14-34-13-11-27-24(31)16-19-7-3-1-2-4-10-25(32)35-18-21(29-26(19)33)15-20-17-28-23-9-6-5-8-22(20)23/h1,3,5-6,8-9,17,19,21,28,30H,2,4,7,10-16,18H2,(H,27,31)(H,29,33)/t19-,21+/m1/s1. The summed E-state index contributed by atoms with van der Waals surface area (Å²) in [6.07, 6.45) is 8.40. The summed E-state index contributed by atoms with van der Waals surface area (Å²) in [6, 6.07) is 7.48. The summed E-state index contributed by atoms with van der Waals surface area (Å²) in [7, 11) is 0. The Labute approximate surface area is 205 Å². The molecule has 0 aliphatic carbocycles. The van der Waals surface area contributed by atoms with Crippen molar-refractivity contribution < 1.29 is 29.0 Å². The van der Waals surface area contributed by atoms with Crippen LogP contribution in [-0.2, 0) is 30.3 Å². The fourth-order valence-electron chi connectivity index (χ4n) is 4.05. The highest BCUT2D eigenvalue weighted by atomic mass is 16.5. The summed E-state index contributed by atoms with van der Waals surface area (Å²) in [6.45, 7) is 0.813. The highest BCUT2D eigenvalue weighted by molar-refractivity contribution is 5.86. The average molecular weight is 486 g/mol. The second-order valence-corrected chi connectivity index (χ2v) is 8.64. The number of hydrogen-bond donors (Lipinski definition) is 4. The highest BCUT2D eigenvalue weighted by Crippen LogP contribution is 2.20. The molecule has 0 fully saturated rings. The maximum absolute atomic E-state index is 13.2. The van der Waals surface area contributed by atoms with Crippen molar-refractivity contribution in [3.63, 3.8) is 0 Å². The minimum Gasteiger partial charge on any atom is -0.463 e. The molecule has 2 aromatic rings. The van der Waals surface area contributed by atoms with Crippen molar-refractivity contribution in [1.29, 1.82) is 0 Å². The van der Waals surface area contributed by atoms with E-state index >= 15 is 0 Å². The maximum Gasteiger partial charge on any atom is 0.305 e. The van der Waals surface area contributed by atoms with Crippen LogP contribution in [0.15, 0.2) is 42.6 Å². The molecule has 9 heteroatoms. The van der Waals surface area contributed by atoms with Crippen LogP contribution in [0.25, 0.3) is 10.9 Å². The number of ether oxygens (including phenoxy) is 2. The Morgan fingerprint density at radius 2 is 2.06 bits per heavy atom. The highest BCUT2D eigenvalue weighted by Gasteiger charge is 2.25. The van der Waals surface area contributed by atoms with Gasteiger partial charge in [-0.05, 0) is 37.3 Å². The first-order valence-corrected chi connectivity index (χ1v) is 12.2. The van der Waals surface area contributed by atoms with Crippen LogP contribution in [0.3, 0.4) is 0 Å². The summed E-state index contributed by atoms with van der Waals surface area (Å²) in [5.41, 5.74) is 2.02. The largest absolute Gasteiger partial charge is 0.463 e. The van der Waals surface area contributed by atoms with E-state index in [1.807, 2.05) is 42.6 Å². The van der Waals surface area contributed by atoms with E-state index in [1.165, 1.54) is 0 Å². The minimum absolute atomic E-state index is 0.0375. The van der Waals surface area contributed by atoms with E-state index in [4.69, 9.17) is 14.6 Å². The molecular formula is C26H35N3O6. The molecule has 1 aliphatic heterocycles. The van der Waals surface area contributed by atoms with Gasteiger partial charge in [0.1, 0.15) is 6.61 Å². The Kier molecular flexibility index (Phi) is 10.8. The molecule has 0 bridgehead atoms. The van der Waals surface area contributed by atoms with E-state index in [-0.39, 0.29) is 44.0 Å². The number of aliphatic hydroxyl groups is 1. The molecule has 0 unspecified atom stereocenters. The summed E-state index contributed by atoms with van der Waals surface area (Å²) in [5, 5.41) is 15.6. The molecule has 35 heavy (non-hydrogen) atoms. The van der Waals surface area contributed by atoms with Gasteiger partial charge in [-0.15, -0.1) is 0 Å². The number of esters is 1. The molecule has 4 N–H and O–H groups in total. The second kappa shape index (κ2) is 14.3. The Balaban J connectivity index is 1.68. The number of cyclic esters (lactones) is 1. The van der Waals surface area contributed by atoms with Gasteiger partial charge >= 0.3 is 5.97 Å². The predicted octanol–water partition coefficient (Wildman–Crippen LogP) is 2.00. The van der Waals surface area contributed by atoms with Crippen molar-refractivity contribution in [2.24, 2.45) is 5.92 Å². The van der Waals surface area contributed by atoms with Gasteiger partial charge in [0, 0.05) is 36.5 Å². The lowest BCUT2D eigenvalue weighted by atomic mass is 9.97. The Hall–Kier alpha value is -3.17. The van der Waals surface area contributed by atoms with Crippen molar-refractivity contribution in [3.8, 4) is 0 Å². The number of para-hydroxylation sites is 1. The van der Waals surface area contributed by atoms with Crippen LogP contribution in [-0.4, -0.2) is 66.9 Å². The van der Waals surface area contributed by atoms with Gasteiger partial charge in [-0.1, -0.05) is 30.4 Å². The first kappa shape index (κ1) is 26.4. The fourth-order valence-corrected chi connectivity index (χ4v) is 4.05. The molecule has 2 heterocycles. The van der Waals surface area contributed by atoms with Gasteiger partial charge in [-0.3, -0.25) is 14.4 Å². The van der Waals surface area contributed by atoms with Crippen molar-refractivity contribution in [2.75, 3.05) is 33.0 Å². The van der Waals surface area contributed by atoms with Gasteiger partial charge in [0.15, 0.2) is 0 Å². The van der Waals surface area contributed by atoms with Gasteiger partial charge in [-0.2, -0.15) is 0 Å². The number of aromatic amines is 1. The zero-order chi connectivity index (χ0) is 24.9. The smallest absolute Gasteiger partial charge is 0.305 e. The van der Waals surface area contributed by atoms with Crippen LogP contribution < -0.4 is 10.6 Å². The van der Waals surface area contributed by atoms with E-state index in [9.17, 15) is 14.4 Å². The Morgan fingerprint density at radius 3 is 2.91 bits per heavy atom. The van der Waals surface area contributed by atoms with Crippen LogP contribution in [0, 0.1) is 5.92 Å². The van der Waals surface area contributed by atoms with Crippen molar-refractivity contribution in [2.45, 2.75) is 44.6 Å². The number of aliphatic hydroxyl groups excluding tert-OH is 1. The summed E-state index contributed by atoms with van der Waals surface area (Å²) >= 11 is 0. The monoisotopic (exact) mass is 485 g/mol. The molecule has 2 amide bonds. The number of allylic oxidation sites excluding steroid dienone is 2. The van der Waals surface area contributed by atoms with E-state index in [2.05, 4.69) is 15.6 Å². The SMILES string of the molecule is O=C(C[C@H]1CC=CCCCC(=O)OC[C@H](Cc2c[nH]c3ccccc23)NC1=O)NCCOCCO. The van der Waals surface area contributed by atoms with Crippen LogP contribution in [0.1, 0.15) is 37.7 Å². The van der Waals surface area contributed by atoms with E-state index in [0.717, 1.165) is 16.5 Å². The maximum atomic E-state index is 13.2. The van der Waals surface area contributed by atoms with Crippen LogP contribution in [0.4, 0.5) is 0 Å². The normalized spacial score (nSPS) is 19.8. The average Bonchev–Trinajstić information content (AvgIpc) is 3.26. The summed E-state index contributed by atoms with van der Waals surface area (Å²) in [4.78, 5) is 41.1. The number of fused-ring (bicyclic) bond motifs is 1. The zero-order valence-corrected chi connectivity index (χ0v) is 20.0. The number of amides is 2. The predicted molar refractivity (Wildman–Crippen MR) is 132 cm³/mol. The van der Waals surface area contributed by atoms with E-state index < -0.39 is 12.0 Å². The number of benzene rings is 1. The first-order chi connectivity index (χ1) is 17.1. The van der Waals surface area contributed by atoms with Gasteiger partial charge in [-0.25, -0.2) is 0 Å². The zero-order valence-electron chi connectivity index (χ0n) is 20.0. The van der Waals surface area contributed by atoms with Crippen molar-refractivity contribution in [3.05, 3.63) is 48.2 Å². The third-order valence-electron chi connectivity index (χ3n) is 5.88. The number of hydrogen-bond acceptors (Lipinski definition) is 6. The molecule has 0 saturated carbocycles. The lowest BCUT2D eigenvalue weighted by molar-refractivity contribution is -0.145. The summed E-state index contributed by atoms with van der Waals surface area (Å²) < 4.78 is 10.6. The van der Waals surface area contributed by atoms with Crippen LogP contribution >= 0.6 is 0 Å². The molecule has 2 atom stereocenters. The molecule has 0 radical (unpaired) electrons. The van der Waals surface area contributed by atoms with Crippen LogP contribution in [0.2, 0.25) is 0 Å². The third-order valence-corrected chi connectivity index (χ3v) is 5.88. The molecular weight excluding hydrogens is 450 g/mol. The van der Waals surface area contributed by atoms with E-state index in [0.29, 0.717) is 45.3 Å². The van der Waals surface area contributed by atoms with Crippen molar-refractivity contribution in [1.82, 2.24) is 15.6 Å². The molecule has 9 nitrogen and oxygen atoms in total. The van der Waals surface area contributed by atoms with Crippen LogP contribution in [0.5, 0.6) is 0 Å². The number of nitrogens with one attached hydrogen (secondary N) is 3.